The van der Waals surface area contributed by atoms with Gasteiger partial charge in [-0.05, 0) is 23.6 Å². The van der Waals surface area contributed by atoms with Crippen LogP contribution in [0.3, 0.4) is 0 Å². The van der Waals surface area contributed by atoms with Gasteiger partial charge >= 0.3 is 0 Å². The number of rotatable bonds is 2. The van der Waals surface area contributed by atoms with Crippen molar-refractivity contribution in [2.45, 2.75) is 0 Å². The fourth-order valence-corrected chi connectivity index (χ4v) is 2.33. The third kappa shape index (κ3) is 1.87. The highest BCUT2D eigenvalue weighted by molar-refractivity contribution is 7.08. The largest absolute Gasteiger partial charge is 0.338 e. The lowest BCUT2D eigenvalue weighted by molar-refractivity contribution is 0.630. The van der Waals surface area contributed by atoms with Gasteiger partial charge in [0, 0.05) is 10.9 Å². The van der Waals surface area contributed by atoms with Crippen molar-refractivity contribution >= 4 is 11.3 Å². The number of nitrogens with zero attached hydrogens (tertiary/aromatic N) is 1. The second kappa shape index (κ2) is 4.14. The second-order valence-corrected chi connectivity index (χ2v) is 4.42. The van der Waals surface area contributed by atoms with Gasteiger partial charge < -0.3 is 4.98 Å². The van der Waals surface area contributed by atoms with E-state index in [2.05, 4.69) is 9.97 Å². The van der Waals surface area contributed by atoms with E-state index in [-0.39, 0.29) is 5.82 Å². The van der Waals surface area contributed by atoms with E-state index in [9.17, 15) is 4.39 Å². The van der Waals surface area contributed by atoms with Gasteiger partial charge in [0.05, 0.1) is 17.5 Å². The molecule has 0 amide bonds. The number of benzene rings is 1. The zero-order chi connectivity index (χ0) is 11.7. The normalized spacial score (nSPS) is 10.6. The maximum Gasteiger partial charge on any atom is 0.140 e. The topological polar surface area (TPSA) is 28.7 Å². The number of hydrogen-bond acceptors (Lipinski definition) is 2. The molecule has 0 radical (unpaired) electrons. The molecule has 1 N–H and O–H groups in total. The van der Waals surface area contributed by atoms with Crippen LogP contribution in [0, 0.1) is 5.82 Å². The van der Waals surface area contributed by atoms with E-state index in [1.807, 2.05) is 16.8 Å². The van der Waals surface area contributed by atoms with Crippen LogP contribution >= 0.6 is 11.3 Å². The number of nitrogens with one attached hydrogen (secondary N) is 1. The smallest absolute Gasteiger partial charge is 0.140 e. The molecule has 4 heteroatoms. The molecule has 0 spiro atoms. The van der Waals surface area contributed by atoms with Crippen LogP contribution in [-0.2, 0) is 0 Å². The summed E-state index contributed by atoms with van der Waals surface area (Å²) < 4.78 is 13.6. The van der Waals surface area contributed by atoms with Crippen molar-refractivity contribution in [3.8, 4) is 22.6 Å². The van der Waals surface area contributed by atoms with Gasteiger partial charge in [0.25, 0.3) is 0 Å². The number of aromatic amines is 1. The quantitative estimate of drug-likeness (QED) is 0.726. The predicted molar refractivity (Wildman–Crippen MR) is 67.3 cm³/mol. The number of H-pyrrole nitrogens is 1. The van der Waals surface area contributed by atoms with E-state index < -0.39 is 0 Å². The summed E-state index contributed by atoms with van der Waals surface area (Å²) in [4.78, 5) is 7.34. The van der Waals surface area contributed by atoms with Gasteiger partial charge in [-0.25, -0.2) is 9.37 Å². The Labute approximate surface area is 102 Å². The molecule has 17 heavy (non-hydrogen) atoms. The van der Waals surface area contributed by atoms with Gasteiger partial charge in [0.15, 0.2) is 0 Å². The Morgan fingerprint density at radius 2 is 2.06 bits per heavy atom. The highest BCUT2D eigenvalue weighted by Gasteiger charge is 2.09. The summed E-state index contributed by atoms with van der Waals surface area (Å²) in [6.07, 6.45) is 1.73. The summed E-state index contributed by atoms with van der Waals surface area (Å²) in [5, 5.41) is 4.03. The highest BCUT2D eigenvalue weighted by Crippen LogP contribution is 2.24. The molecule has 0 saturated carbocycles. The van der Waals surface area contributed by atoms with E-state index in [1.165, 1.54) is 6.07 Å². The lowest BCUT2D eigenvalue weighted by Gasteiger charge is -1.98. The lowest BCUT2D eigenvalue weighted by Crippen LogP contribution is -1.85. The molecule has 2 heterocycles. The van der Waals surface area contributed by atoms with Crippen LogP contribution in [0.25, 0.3) is 22.6 Å². The molecular weight excluding hydrogens is 235 g/mol. The monoisotopic (exact) mass is 244 g/mol. The van der Waals surface area contributed by atoms with Crippen LogP contribution < -0.4 is 0 Å². The van der Waals surface area contributed by atoms with Gasteiger partial charge in [-0.3, -0.25) is 0 Å². The number of imidazole rings is 1. The highest BCUT2D eigenvalue weighted by atomic mass is 32.1. The number of aromatic nitrogens is 2. The zero-order valence-corrected chi connectivity index (χ0v) is 9.67. The van der Waals surface area contributed by atoms with Gasteiger partial charge in [0.1, 0.15) is 11.6 Å². The van der Waals surface area contributed by atoms with Gasteiger partial charge in [-0.1, -0.05) is 12.1 Å². The van der Waals surface area contributed by atoms with Gasteiger partial charge in [-0.15, -0.1) is 0 Å². The molecule has 1 aromatic carbocycles. The lowest BCUT2D eigenvalue weighted by atomic mass is 10.2. The summed E-state index contributed by atoms with van der Waals surface area (Å²) >= 11 is 1.62. The van der Waals surface area contributed by atoms with E-state index >= 15 is 0 Å². The third-order valence-corrected chi connectivity index (χ3v) is 3.22. The Morgan fingerprint density at radius 1 is 1.18 bits per heavy atom. The first-order chi connectivity index (χ1) is 8.34. The van der Waals surface area contributed by atoms with Crippen molar-refractivity contribution in [2.75, 3.05) is 0 Å². The summed E-state index contributed by atoms with van der Waals surface area (Å²) in [6, 6.07) is 8.61. The first-order valence-electron chi connectivity index (χ1n) is 5.17. The van der Waals surface area contributed by atoms with Crippen LogP contribution in [0.5, 0.6) is 0 Å². The molecule has 3 aromatic rings. The van der Waals surface area contributed by atoms with E-state index in [0.29, 0.717) is 11.4 Å². The van der Waals surface area contributed by atoms with Crippen molar-refractivity contribution in [1.29, 1.82) is 0 Å². The molecule has 0 aliphatic rings. The molecule has 0 fully saturated rings. The summed E-state index contributed by atoms with van der Waals surface area (Å²) in [5.41, 5.74) is 2.48. The predicted octanol–water partition coefficient (Wildman–Crippen LogP) is 3.94. The molecular formula is C13H9FN2S. The number of thiophene rings is 1. The Balaban J connectivity index is 2.04. The van der Waals surface area contributed by atoms with Crippen molar-refractivity contribution in [3.05, 3.63) is 53.1 Å². The maximum absolute atomic E-state index is 13.6. The average Bonchev–Trinajstić information content (AvgIpc) is 3.00. The molecule has 0 saturated heterocycles. The first-order valence-corrected chi connectivity index (χ1v) is 6.11. The molecule has 0 aliphatic carbocycles. The van der Waals surface area contributed by atoms with Crippen molar-refractivity contribution in [1.82, 2.24) is 9.97 Å². The van der Waals surface area contributed by atoms with Gasteiger partial charge in [0.2, 0.25) is 0 Å². The zero-order valence-electron chi connectivity index (χ0n) is 8.85. The van der Waals surface area contributed by atoms with Crippen LogP contribution in [0.15, 0.2) is 47.3 Å². The van der Waals surface area contributed by atoms with Crippen molar-refractivity contribution < 1.29 is 4.39 Å². The van der Waals surface area contributed by atoms with Crippen molar-refractivity contribution in [2.24, 2.45) is 0 Å². The van der Waals surface area contributed by atoms with E-state index in [1.54, 1.807) is 35.7 Å². The molecule has 0 bridgehead atoms. The summed E-state index contributed by atoms with van der Waals surface area (Å²) in [7, 11) is 0. The van der Waals surface area contributed by atoms with E-state index in [0.717, 1.165) is 11.3 Å². The minimum atomic E-state index is -0.265. The SMILES string of the molecule is Fc1ccccc1-c1ncc(-c2ccsc2)[nH]1. The molecule has 2 nitrogen and oxygen atoms in total. The Kier molecular flexibility index (Phi) is 2.49. The molecule has 84 valence electrons. The fraction of sp³-hybridized carbons (Fsp3) is 0. The summed E-state index contributed by atoms with van der Waals surface area (Å²) in [6.45, 7) is 0. The second-order valence-electron chi connectivity index (χ2n) is 3.64. The Bertz CT molecular complexity index is 628. The van der Waals surface area contributed by atoms with Crippen molar-refractivity contribution in [3.63, 3.8) is 0 Å². The minimum absolute atomic E-state index is 0.265. The third-order valence-electron chi connectivity index (χ3n) is 2.54. The fourth-order valence-electron chi connectivity index (χ4n) is 1.68. The van der Waals surface area contributed by atoms with Crippen LogP contribution in [0.1, 0.15) is 0 Å². The number of halogens is 1. The molecule has 0 unspecified atom stereocenters. The van der Waals surface area contributed by atoms with Crippen LogP contribution in [-0.4, -0.2) is 9.97 Å². The van der Waals surface area contributed by atoms with Gasteiger partial charge in [-0.2, -0.15) is 11.3 Å². The molecule has 2 aromatic heterocycles. The Morgan fingerprint density at radius 3 is 2.82 bits per heavy atom. The summed E-state index contributed by atoms with van der Waals surface area (Å²) in [5.74, 6) is 0.294. The van der Waals surface area contributed by atoms with Crippen LogP contribution in [0.2, 0.25) is 0 Å². The van der Waals surface area contributed by atoms with E-state index in [4.69, 9.17) is 0 Å². The molecule has 0 aliphatic heterocycles. The standard InChI is InChI=1S/C13H9FN2S/c14-11-4-2-1-3-10(11)13-15-7-12(16-13)9-5-6-17-8-9/h1-8H,(H,15,16). The molecule has 3 rings (SSSR count). The number of hydrogen-bond donors (Lipinski definition) is 1. The Hall–Kier alpha value is -1.94. The van der Waals surface area contributed by atoms with Crippen LogP contribution in [0.4, 0.5) is 4.39 Å². The maximum atomic E-state index is 13.6. The first kappa shape index (κ1) is 10.2. The molecule has 0 atom stereocenters. The average molecular weight is 244 g/mol. The minimum Gasteiger partial charge on any atom is -0.338 e.